The molecule has 3 nitrogen and oxygen atoms in total. The van der Waals surface area contributed by atoms with Crippen LogP contribution in [0.5, 0.6) is 0 Å². The van der Waals surface area contributed by atoms with Crippen molar-refractivity contribution in [2.24, 2.45) is 0 Å². The van der Waals surface area contributed by atoms with E-state index < -0.39 is 0 Å². The van der Waals surface area contributed by atoms with Crippen molar-refractivity contribution in [1.29, 1.82) is 0 Å². The molecule has 0 saturated carbocycles. The molecule has 0 aliphatic carbocycles. The van der Waals surface area contributed by atoms with Gasteiger partial charge in [-0.3, -0.25) is 0 Å². The molecule has 0 amide bonds. The Morgan fingerprint density at radius 2 is 0.707 bits per heavy atom. The van der Waals surface area contributed by atoms with Crippen molar-refractivity contribution in [2.75, 3.05) is 9.80 Å². The molecule has 5 heteroatoms. The zero-order chi connectivity index (χ0) is 49.4. The molecule has 0 fully saturated rings. The van der Waals surface area contributed by atoms with Gasteiger partial charge in [-0.05, 0) is 142 Å². The van der Waals surface area contributed by atoms with Gasteiger partial charge in [-0.2, -0.15) is 0 Å². The van der Waals surface area contributed by atoms with Crippen LogP contribution in [0.25, 0.3) is 101 Å². The van der Waals surface area contributed by atoms with Crippen molar-refractivity contribution in [3.63, 3.8) is 0 Å². The summed E-state index contributed by atoms with van der Waals surface area (Å²) in [5.74, 6) is 0. The Balaban J connectivity index is 0.933. The van der Waals surface area contributed by atoms with Crippen LogP contribution >= 0.6 is 22.7 Å². The number of para-hydroxylation sites is 1. The predicted molar refractivity (Wildman–Crippen MR) is 324 cm³/mol. The van der Waals surface area contributed by atoms with Gasteiger partial charge in [0.25, 0.3) is 0 Å². The molecule has 0 unspecified atom stereocenters. The largest absolute Gasteiger partial charge is 0.310 e. The Bertz CT molecular complexity index is 4630. The number of anilines is 6. The lowest BCUT2D eigenvalue weighted by Crippen LogP contribution is -2.10. The van der Waals surface area contributed by atoms with E-state index in [1.165, 1.54) is 84.1 Å². The second kappa shape index (κ2) is 17.7. The van der Waals surface area contributed by atoms with E-state index in [4.69, 9.17) is 0 Å². The van der Waals surface area contributed by atoms with Crippen LogP contribution in [0.2, 0.25) is 0 Å². The maximum atomic E-state index is 2.47. The van der Waals surface area contributed by atoms with Gasteiger partial charge in [-0.1, -0.05) is 164 Å². The van der Waals surface area contributed by atoms with Crippen LogP contribution in [0.4, 0.5) is 34.1 Å². The normalized spacial score (nSPS) is 11.7. The van der Waals surface area contributed by atoms with Crippen molar-refractivity contribution in [3.8, 4) is 27.9 Å². The number of aromatic nitrogens is 1. The molecule has 75 heavy (non-hydrogen) atoms. The second-order valence-electron chi connectivity index (χ2n) is 19.3. The molecule has 15 rings (SSSR count). The van der Waals surface area contributed by atoms with Gasteiger partial charge in [-0.15, -0.1) is 22.7 Å². The predicted octanol–water partition coefficient (Wildman–Crippen LogP) is 20.9. The van der Waals surface area contributed by atoms with Gasteiger partial charge in [0.15, 0.2) is 0 Å². The molecule has 352 valence electrons. The molecule has 0 radical (unpaired) electrons. The molecule has 0 N–H and O–H groups in total. The SMILES string of the molecule is c1ccc(-c2ccc(N(c3ccc4cc5c6ccc(N(c7ccc(-c8ccccc8)cc7)c7cccc8sc9ccccc9c78)cc6n(-c6ccccc6)c5cc4c3)c3cccc4sc5ccccc5c34)cc2)cc1. The molecule has 0 atom stereocenters. The van der Waals surface area contributed by atoms with Gasteiger partial charge in [0, 0.05) is 79.6 Å². The lowest BCUT2D eigenvalue weighted by atomic mass is 10.0. The molecular formula is C70H45N3S2. The summed E-state index contributed by atoms with van der Waals surface area (Å²) in [6.45, 7) is 0. The highest BCUT2D eigenvalue weighted by Gasteiger charge is 2.23. The van der Waals surface area contributed by atoms with E-state index in [9.17, 15) is 0 Å². The minimum absolute atomic E-state index is 1.09. The lowest BCUT2D eigenvalue weighted by Gasteiger charge is -2.27. The van der Waals surface area contributed by atoms with Crippen molar-refractivity contribution < 1.29 is 0 Å². The highest BCUT2D eigenvalue weighted by Crippen LogP contribution is 2.49. The summed E-state index contributed by atoms with van der Waals surface area (Å²) in [7, 11) is 0. The van der Waals surface area contributed by atoms with Crippen molar-refractivity contribution >= 4 is 130 Å². The van der Waals surface area contributed by atoms with Crippen LogP contribution in [0.3, 0.4) is 0 Å². The minimum atomic E-state index is 1.09. The zero-order valence-electron chi connectivity index (χ0n) is 40.6. The minimum Gasteiger partial charge on any atom is -0.310 e. The molecule has 3 heterocycles. The van der Waals surface area contributed by atoms with Gasteiger partial charge in [-0.25, -0.2) is 0 Å². The fourth-order valence-corrected chi connectivity index (χ4v) is 13.7. The number of rotatable bonds is 9. The molecule has 0 aliphatic rings. The van der Waals surface area contributed by atoms with E-state index in [0.29, 0.717) is 0 Å². The molecule has 12 aromatic carbocycles. The van der Waals surface area contributed by atoms with Gasteiger partial charge >= 0.3 is 0 Å². The van der Waals surface area contributed by atoms with Crippen molar-refractivity contribution in [3.05, 3.63) is 273 Å². The molecule has 0 saturated heterocycles. The summed E-state index contributed by atoms with van der Waals surface area (Å²) >= 11 is 3.71. The quantitative estimate of drug-likeness (QED) is 0.143. The molecule has 0 bridgehead atoms. The van der Waals surface area contributed by atoms with E-state index in [1.54, 1.807) is 0 Å². The Morgan fingerprint density at radius 3 is 1.27 bits per heavy atom. The number of hydrogen-bond acceptors (Lipinski definition) is 4. The van der Waals surface area contributed by atoms with Crippen LogP contribution in [-0.4, -0.2) is 4.57 Å². The number of fused-ring (bicyclic) bond motifs is 10. The van der Waals surface area contributed by atoms with E-state index in [1.807, 2.05) is 22.7 Å². The zero-order valence-corrected chi connectivity index (χ0v) is 42.3. The van der Waals surface area contributed by atoms with Crippen LogP contribution in [0.1, 0.15) is 0 Å². The lowest BCUT2D eigenvalue weighted by molar-refractivity contribution is 1.18. The van der Waals surface area contributed by atoms with Gasteiger partial charge in [0.2, 0.25) is 0 Å². The fraction of sp³-hybridized carbons (Fsp3) is 0. The van der Waals surface area contributed by atoms with E-state index in [2.05, 4.69) is 287 Å². The van der Waals surface area contributed by atoms with Crippen LogP contribution in [0.15, 0.2) is 273 Å². The third-order valence-corrected chi connectivity index (χ3v) is 17.2. The molecule has 3 aromatic heterocycles. The van der Waals surface area contributed by atoms with Crippen LogP contribution < -0.4 is 9.80 Å². The smallest absolute Gasteiger partial charge is 0.0561 e. The first-order valence-corrected chi connectivity index (χ1v) is 27.1. The summed E-state index contributed by atoms with van der Waals surface area (Å²) in [6.07, 6.45) is 0. The average Bonchev–Trinajstić information content (AvgIpc) is 4.20. The van der Waals surface area contributed by atoms with E-state index >= 15 is 0 Å². The molecule has 0 spiro atoms. The van der Waals surface area contributed by atoms with Crippen LogP contribution in [-0.2, 0) is 0 Å². The number of thiophene rings is 2. The Kier molecular flexibility index (Phi) is 10.3. The van der Waals surface area contributed by atoms with E-state index in [0.717, 1.165) is 50.8 Å². The topological polar surface area (TPSA) is 11.4 Å². The van der Waals surface area contributed by atoms with Gasteiger partial charge < -0.3 is 14.4 Å². The summed E-state index contributed by atoms with van der Waals surface area (Å²) in [4.78, 5) is 4.92. The molecule has 0 aliphatic heterocycles. The molecular weight excluding hydrogens is 947 g/mol. The highest BCUT2D eigenvalue weighted by molar-refractivity contribution is 7.26. The monoisotopic (exact) mass is 991 g/mol. The average molecular weight is 992 g/mol. The Labute approximate surface area is 442 Å². The van der Waals surface area contributed by atoms with Crippen molar-refractivity contribution in [1.82, 2.24) is 4.57 Å². The van der Waals surface area contributed by atoms with Crippen LogP contribution in [0, 0.1) is 0 Å². The maximum Gasteiger partial charge on any atom is 0.0561 e. The number of nitrogens with zero attached hydrogens (tertiary/aromatic N) is 3. The number of hydrogen-bond donors (Lipinski definition) is 0. The maximum absolute atomic E-state index is 2.47. The summed E-state index contributed by atoms with van der Waals surface area (Å²) in [5.41, 5.74) is 14.9. The first-order valence-electron chi connectivity index (χ1n) is 25.5. The summed E-state index contributed by atoms with van der Waals surface area (Å²) in [5, 5.41) is 9.86. The van der Waals surface area contributed by atoms with Crippen molar-refractivity contribution in [2.45, 2.75) is 0 Å². The third kappa shape index (κ3) is 7.31. The Hall–Kier alpha value is -9.26. The summed E-state index contributed by atoms with van der Waals surface area (Å²) in [6, 6.07) is 100. The van der Waals surface area contributed by atoms with Gasteiger partial charge in [0.1, 0.15) is 0 Å². The third-order valence-electron chi connectivity index (χ3n) is 14.9. The second-order valence-corrected chi connectivity index (χ2v) is 21.4. The standard InChI is InChI=1S/C70H45N3S2/c1-4-16-46(17-5-1)48-30-35-53(36-31-48)71(61-24-14-28-67-69(61)58-22-10-12-26-65(58)74-67)55-39-34-50-43-60-57-41-40-56(45-64(57)73(52-20-8-3-9-21-52)63(60)44-51(50)42-55)72(54-37-32-49(33-38-54)47-18-6-2-7-19-47)62-25-15-29-68-70(62)59-23-11-13-27-66(59)75-68/h1-45H. The summed E-state index contributed by atoms with van der Waals surface area (Å²) < 4.78 is 7.59. The first kappa shape index (κ1) is 43.3. The van der Waals surface area contributed by atoms with Gasteiger partial charge in [0.05, 0.1) is 22.4 Å². The first-order chi connectivity index (χ1) is 37.2. The van der Waals surface area contributed by atoms with E-state index in [-0.39, 0.29) is 0 Å². The Morgan fingerprint density at radius 1 is 0.267 bits per heavy atom. The number of benzene rings is 12. The highest BCUT2D eigenvalue weighted by atomic mass is 32.1. The fourth-order valence-electron chi connectivity index (χ4n) is 11.5. The molecule has 15 aromatic rings.